The van der Waals surface area contributed by atoms with Gasteiger partial charge in [0.1, 0.15) is 5.75 Å². The molecular formula is C18H16BrN3O. The molecule has 4 nitrogen and oxygen atoms in total. The molecule has 0 aliphatic carbocycles. The zero-order chi connectivity index (χ0) is 16.4. The molecule has 2 atom stereocenters. The highest BCUT2D eigenvalue weighted by Crippen LogP contribution is 2.40. The highest BCUT2D eigenvalue weighted by Gasteiger charge is 2.33. The van der Waals surface area contributed by atoms with E-state index in [2.05, 4.69) is 27.1 Å². The average Bonchev–Trinajstić information content (AvgIpc) is 2.93. The minimum absolute atomic E-state index is 0.00361. The number of nitrogens with zero attached hydrogens (tertiary/aromatic N) is 3. The molecule has 1 aliphatic rings. The van der Waals surface area contributed by atoms with Crippen molar-refractivity contribution >= 4 is 21.6 Å². The fourth-order valence-electron chi connectivity index (χ4n) is 2.88. The highest BCUT2D eigenvalue weighted by molar-refractivity contribution is 9.10. The summed E-state index contributed by atoms with van der Waals surface area (Å²) < 4.78 is 0.774. The summed E-state index contributed by atoms with van der Waals surface area (Å²) in [7, 11) is 0. The Hall–Kier alpha value is -2.32. The van der Waals surface area contributed by atoms with Gasteiger partial charge < -0.3 is 5.11 Å². The second kappa shape index (κ2) is 6.43. The van der Waals surface area contributed by atoms with Gasteiger partial charge in [-0.3, -0.25) is 5.01 Å². The predicted octanol–water partition coefficient (Wildman–Crippen LogP) is 4.54. The fraction of sp³-hybridized carbons (Fsp3) is 0.222. The van der Waals surface area contributed by atoms with Gasteiger partial charge >= 0.3 is 0 Å². The van der Waals surface area contributed by atoms with Crippen molar-refractivity contribution in [1.29, 1.82) is 5.26 Å². The summed E-state index contributed by atoms with van der Waals surface area (Å²) in [5.41, 5.74) is 2.66. The van der Waals surface area contributed by atoms with Gasteiger partial charge in [-0.05, 0) is 24.6 Å². The Balaban J connectivity index is 2.00. The van der Waals surface area contributed by atoms with Crippen molar-refractivity contribution in [3.05, 3.63) is 64.1 Å². The number of halogens is 1. The largest absolute Gasteiger partial charge is 0.508 e. The van der Waals surface area contributed by atoms with Crippen LogP contribution in [0, 0.1) is 11.3 Å². The molecule has 3 rings (SSSR count). The third-order valence-corrected chi connectivity index (χ3v) is 4.45. The van der Waals surface area contributed by atoms with Crippen LogP contribution in [-0.2, 0) is 0 Å². The van der Waals surface area contributed by atoms with Crippen molar-refractivity contribution in [2.45, 2.75) is 25.4 Å². The Kier molecular flexibility index (Phi) is 4.35. The van der Waals surface area contributed by atoms with Crippen LogP contribution in [0.5, 0.6) is 5.75 Å². The van der Waals surface area contributed by atoms with Crippen molar-refractivity contribution in [3.63, 3.8) is 0 Å². The van der Waals surface area contributed by atoms with Crippen molar-refractivity contribution in [2.24, 2.45) is 5.10 Å². The maximum atomic E-state index is 10.2. The van der Waals surface area contributed by atoms with Crippen LogP contribution in [0.15, 0.2) is 58.1 Å². The number of aromatic hydroxyl groups is 1. The number of nitriles is 1. The van der Waals surface area contributed by atoms with E-state index in [1.807, 2.05) is 43.3 Å². The van der Waals surface area contributed by atoms with Gasteiger partial charge in [0.25, 0.3) is 0 Å². The Morgan fingerprint density at radius 1 is 1.30 bits per heavy atom. The minimum Gasteiger partial charge on any atom is -0.508 e. The predicted molar refractivity (Wildman–Crippen MR) is 92.9 cm³/mol. The van der Waals surface area contributed by atoms with Crippen LogP contribution in [-0.4, -0.2) is 15.8 Å². The normalized spacial score (nSPS) is 18.4. The van der Waals surface area contributed by atoms with Gasteiger partial charge in [-0.25, -0.2) is 0 Å². The van der Waals surface area contributed by atoms with E-state index in [1.165, 1.54) is 0 Å². The van der Waals surface area contributed by atoms with E-state index in [-0.39, 0.29) is 11.8 Å². The quantitative estimate of drug-likeness (QED) is 0.863. The molecule has 0 aromatic heterocycles. The van der Waals surface area contributed by atoms with Gasteiger partial charge in [-0.2, -0.15) is 10.4 Å². The van der Waals surface area contributed by atoms with E-state index in [4.69, 9.17) is 0 Å². The number of phenolic OH excluding ortho intramolecular Hbond substituents is 1. The Labute approximate surface area is 143 Å². The van der Waals surface area contributed by atoms with Crippen LogP contribution in [0.25, 0.3) is 0 Å². The number of rotatable bonds is 3. The summed E-state index contributed by atoms with van der Waals surface area (Å²) >= 11 is 3.32. The molecule has 0 fully saturated rings. The molecule has 0 spiro atoms. The first-order chi connectivity index (χ1) is 11.1. The molecule has 1 heterocycles. The molecule has 0 bridgehead atoms. The molecule has 2 aromatic rings. The fourth-order valence-corrected chi connectivity index (χ4v) is 3.23. The van der Waals surface area contributed by atoms with Crippen LogP contribution >= 0.6 is 15.9 Å². The molecule has 0 unspecified atom stereocenters. The maximum absolute atomic E-state index is 10.2. The van der Waals surface area contributed by atoms with Crippen molar-refractivity contribution < 1.29 is 5.11 Å². The van der Waals surface area contributed by atoms with Crippen molar-refractivity contribution in [3.8, 4) is 11.8 Å². The number of hydrogen-bond acceptors (Lipinski definition) is 4. The second-order valence-electron chi connectivity index (χ2n) is 5.58. The molecule has 0 amide bonds. The number of hydrazone groups is 1. The third-order valence-electron chi connectivity index (χ3n) is 3.95. The summed E-state index contributed by atoms with van der Waals surface area (Å²) in [6, 6.07) is 16.9. The van der Waals surface area contributed by atoms with E-state index in [9.17, 15) is 10.4 Å². The monoisotopic (exact) mass is 369 g/mol. The Morgan fingerprint density at radius 2 is 2.04 bits per heavy atom. The molecule has 2 aromatic carbocycles. The van der Waals surface area contributed by atoms with Gasteiger partial charge in [-0.1, -0.05) is 52.3 Å². The van der Waals surface area contributed by atoms with E-state index in [1.54, 1.807) is 17.1 Å². The van der Waals surface area contributed by atoms with Crippen LogP contribution in [0.4, 0.5) is 0 Å². The lowest BCUT2D eigenvalue weighted by molar-refractivity contribution is 0.194. The Bertz CT molecular complexity index is 783. The van der Waals surface area contributed by atoms with Gasteiger partial charge in [0, 0.05) is 22.2 Å². The summed E-state index contributed by atoms with van der Waals surface area (Å²) in [5, 5.41) is 26.3. The van der Waals surface area contributed by atoms with E-state index in [0.29, 0.717) is 5.56 Å². The van der Waals surface area contributed by atoms with Gasteiger partial charge in [0.2, 0.25) is 0 Å². The van der Waals surface area contributed by atoms with Crippen LogP contribution in [0.3, 0.4) is 0 Å². The lowest BCUT2D eigenvalue weighted by Gasteiger charge is -2.28. The van der Waals surface area contributed by atoms with Crippen LogP contribution < -0.4 is 0 Å². The van der Waals surface area contributed by atoms with Crippen LogP contribution in [0.1, 0.15) is 36.6 Å². The molecular weight excluding hydrogens is 354 g/mol. The van der Waals surface area contributed by atoms with Crippen molar-refractivity contribution in [2.75, 3.05) is 0 Å². The molecule has 116 valence electrons. The molecule has 23 heavy (non-hydrogen) atoms. The summed E-state index contributed by atoms with van der Waals surface area (Å²) in [5.74, 6) is 0.0949. The highest BCUT2D eigenvalue weighted by atomic mass is 79.9. The summed E-state index contributed by atoms with van der Waals surface area (Å²) in [4.78, 5) is 0. The smallest absolute Gasteiger partial charge is 0.162 e. The molecule has 0 radical (unpaired) electrons. The van der Waals surface area contributed by atoms with Gasteiger partial charge in [0.15, 0.2) is 6.04 Å². The first-order valence-electron chi connectivity index (χ1n) is 7.35. The van der Waals surface area contributed by atoms with Crippen LogP contribution in [0.2, 0.25) is 0 Å². The number of hydrogen-bond donors (Lipinski definition) is 1. The SMILES string of the molecule is CC1=NN([C@@H](C#N)c2ccc(Br)cc2O)[C@H](c2ccccc2)C1. The lowest BCUT2D eigenvalue weighted by Crippen LogP contribution is -2.24. The number of benzene rings is 2. The molecule has 5 heteroatoms. The zero-order valence-electron chi connectivity index (χ0n) is 12.6. The molecule has 0 saturated carbocycles. The summed E-state index contributed by atoms with van der Waals surface area (Å²) in [6.07, 6.45) is 0.777. The van der Waals surface area contributed by atoms with Gasteiger partial charge in [0.05, 0.1) is 12.1 Å². The lowest BCUT2D eigenvalue weighted by atomic mass is 9.99. The topological polar surface area (TPSA) is 59.6 Å². The van der Waals surface area contributed by atoms with E-state index < -0.39 is 6.04 Å². The third kappa shape index (κ3) is 3.08. The first-order valence-corrected chi connectivity index (χ1v) is 8.15. The maximum Gasteiger partial charge on any atom is 0.162 e. The average molecular weight is 370 g/mol. The standard InChI is InChI=1S/C18H16BrN3O/c1-12-9-16(13-5-3-2-4-6-13)22(21-12)17(11-20)15-8-7-14(19)10-18(15)23/h2-8,10,16-17,23H,9H2,1H3/t16-,17-/m0/s1. The molecule has 1 aliphatic heterocycles. The van der Waals surface area contributed by atoms with E-state index in [0.717, 1.165) is 22.2 Å². The molecule has 1 N–H and O–H groups in total. The zero-order valence-corrected chi connectivity index (χ0v) is 14.2. The number of phenols is 1. The first kappa shape index (κ1) is 15.6. The van der Waals surface area contributed by atoms with E-state index >= 15 is 0 Å². The molecule has 0 saturated heterocycles. The van der Waals surface area contributed by atoms with Gasteiger partial charge in [-0.15, -0.1) is 0 Å². The summed E-state index contributed by atoms with van der Waals surface area (Å²) in [6.45, 7) is 1.96. The second-order valence-corrected chi connectivity index (χ2v) is 6.50. The van der Waals surface area contributed by atoms with Crippen molar-refractivity contribution in [1.82, 2.24) is 5.01 Å². The Morgan fingerprint density at radius 3 is 2.70 bits per heavy atom. The minimum atomic E-state index is -0.634.